The highest BCUT2D eigenvalue weighted by Gasteiger charge is 2.18. The van der Waals surface area contributed by atoms with Crippen LogP contribution in [0.1, 0.15) is 15.6 Å². The monoisotopic (exact) mass is 287 g/mol. The quantitative estimate of drug-likeness (QED) is 0.854. The highest BCUT2D eigenvalue weighted by atomic mass is 32.2. The Balaban J connectivity index is 2.07. The van der Waals surface area contributed by atoms with Gasteiger partial charge in [-0.2, -0.15) is 0 Å². The van der Waals surface area contributed by atoms with Gasteiger partial charge >= 0.3 is 0 Å². The lowest BCUT2D eigenvalue weighted by Gasteiger charge is -2.01. The summed E-state index contributed by atoms with van der Waals surface area (Å²) in [6.45, 7) is 2.23. The molecule has 0 fully saturated rings. The number of hydrogen-bond donors (Lipinski definition) is 2. The molecular formula is C10H13N3O3S2. The van der Waals surface area contributed by atoms with Gasteiger partial charge in [0, 0.05) is 17.6 Å². The van der Waals surface area contributed by atoms with Crippen molar-refractivity contribution in [2.45, 2.75) is 25.1 Å². The van der Waals surface area contributed by atoms with Crippen LogP contribution in [0, 0.1) is 6.92 Å². The van der Waals surface area contributed by atoms with E-state index in [9.17, 15) is 8.42 Å². The van der Waals surface area contributed by atoms with Gasteiger partial charge in [0.15, 0.2) is 0 Å². The Morgan fingerprint density at radius 3 is 2.83 bits per heavy atom. The third-order valence-corrected chi connectivity index (χ3v) is 4.39. The summed E-state index contributed by atoms with van der Waals surface area (Å²) in [5.74, 6) is 0.434. The summed E-state index contributed by atoms with van der Waals surface area (Å²) in [4.78, 5) is 4.90. The molecule has 0 aliphatic rings. The summed E-state index contributed by atoms with van der Waals surface area (Å²) in [5.41, 5.74) is 5.36. The Morgan fingerprint density at radius 2 is 2.28 bits per heavy atom. The summed E-state index contributed by atoms with van der Waals surface area (Å²) >= 11 is 1.44. The van der Waals surface area contributed by atoms with Crippen LogP contribution in [0.3, 0.4) is 0 Å². The number of nitrogens with two attached hydrogens (primary N) is 1. The molecule has 0 spiro atoms. The lowest BCUT2D eigenvalue weighted by Crippen LogP contribution is -2.22. The van der Waals surface area contributed by atoms with E-state index >= 15 is 0 Å². The maximum atomic E-state index is 11.9. The van der Waals surface area contributed by atoms with E-state index < -0.39 is 10.0 Å². The molecular weight excluding hydrogens is 274 g/mol. The predicted octanol–water partition coefficient (Wildman–Crippen LogP) is 0.982. The number of hydrogen-bond acceptors (Lipinski definition) is 6. The molecule has 18 heavy (non-hydrogen) atoms. The smallest absolute Gasteiger partial charge is 0.274 e. The molecule has 2 aromatic rings. The van der Waals surface area contributed by atoms with Crippen molar-refractivity contribution >= 4 is 21.4 Å². The van der Waals surface area contributed by atoms with E-state index in [1.807, 2.05) is 6.92 Å². The minimum Gasteiger partial charge on any atom is -0.447 e. The lowest BCUT2D eigenvalue weighted by atomic mass is 10.5. The number of thiazole rings is 1. The molecule has 0 aliphatic heterocycles. The van der Waals surface area contributed by atoms with Crippen LogP contribution in [-0.2, 0) is 23.1 Å². The molecule has 6 nitrogen and oxygen atoms in total. The topological polar surface area (TPSA) is 98.2 Å². The van der Waals surface area contributed by atoms with Crippen molar-refractivity contribution in [1.29, 1.82) is 0 Å². The van der Waals surface area contributed by atoms with Crippen molar-refractivity contribution in [3.63, 3.8) is 0 Å². The van der Waals surface area contributed by atoms with Crippen LogP contribution in [-0.4, -0.2) is 13.4 Å². The zero-order valence-corrected chi connectivity index (χ0v) is 11.3. The molecule has 0 aliphatic carbocycles. The van der Waals surface area contributed by atoms with Crippen LogP contribution >= 0.6 is 11.3 Å². The second kappa shape index (κ2) is 5.19. The number of rotatable bonds is 5. The molecule has 2 aromatic heterocycles. The highest BCUT2D eigenvalue weighted by Crippen LogP contribution is 2.15. The van der Waals surface area contributed by atoms with Gasteiger partial charge in [-0.3, -0.25) is 0 Å². The van der Waals surface area contributed by atoms with E-state index in [0.717, 1.165) is 9.88 Å². The lowest BCUT2D eigenvalue weighted by molar-refractivity contribution is 0.413. The molecule has 98 valence electrons. The SMILES string of the molecule is Cc1ncc(CNS(=O)(=O)c2ccc(CN)o2)s1. The Hall–Kier alpha value is -1.22. The van der Waals surface area contributed by atoms with Crippen molar-refractivity contribution in [2.24, 2.45) is 5.73 Å². The zero-order chi connectivity index (χ0) is 13.2. The van der Waals surface area contributed by atoms with Crippen LogP contribution in [0.2, 0.25) is 0 Å². The number of nitrogens with one attached hydrogen (secondary N) is 1. The molecule has 0 bridgehead atoms. The van der Waals surface area contributed by atoms with Gasteiger partial charge in [-0.1, -0.05) is 0 Å². The molecule has 0 radical (unpaired) electrons. The van der Waals surface area contributed by atoms with Crippen molar-refractivity contribution in [3.05, 3.63) is 34.0 Å². The first-order valence-electron chi connectivity index (χ1n) is 5.21. The van der Waals surface area contributed by atoms with Crippen LogP contribution in [0.15, 0.2) is 27.8 Å². The fourth-order valence-corrected chi connectivity index (χ4v) is 3.11. The van der Waals surface area contributed by atoms with Crippen LogP contribution in [0.25, 0.3) is 0 Å². The first kappa shape index (κ1) is 13.2. The third kappa shape index (κ3) is 2.96. The van der Waals surface area contributed by atoms with Crippen molar-refractivity contribution in [1.82, 2.24) is 9.71 Å². The van der Waals surface area contributed by atoms with Crippen molar-refractivity contribution in [2.75, 3.05) is 0 Å². The van der Waals surface area contributed by atoms with E-state index in [2.05, 4.69) is 9.71 Å². The van der Waals surface area contributed by atoms with E-state index in [1.54, 1.807) is 12.3 Å². The molecule has 2 rings (SSSR count). The first-order valence-corrected chi connectivity index (χ1v) is 7.51. The normalized spacial score (nSPS) is 11.9. The summed E-state index contributed by atoms with van der Waals surface area (Å²) in [6, 6.07) is 2.94. The van der Waals surface area contributed by atoms with Gasteiger partial charge in [-0.05, 0) is 19.1 Å². The number of nitrogens with zero attached hydrogens (tertiary/aromatic N) is 1. The summed E-state index contributed by atoms with van der Waals surface area (Å²) in [5, 5.41) is 0.775. The average molecular weight is 287 g/mol. The van der Waals surface area contributed by atoms with Gasteiger partial charge in [0.05, 0.1) is 11.6 Å². The van der Waals surface area contributed by atoms with Gasteiger partial charge < -0.3 is 10.2 Å². The number of aryl methyl sites for hydroxylation is 1. The Morgan fingerprint density at radius 1 is 1.50 bits per heavy atom. The Bertz CT molecular complexity index is 630. The second-order valence-electron chi connectivity index (χ2n) is 3.60. The van der Waals surface area contributed by atoms with Crippen LogP contribution < -0.4 is 10.5 Å². The molecule has 0 saturated carbocycles. The van der Waals surface area contributed by atoms with E-state index in [-0.39, 0.29) is 18.2 Å². The molecule has 0 saturated heterocycles. The molecule has 0 unspecified atom stereocenters. The molecule has 0 amide bonds. The number of aromatic nitrogens is 1. The van der Waals surface area contributed by atoms with Gasteiger partial charge in [0.25, 0.3) is 10.0 Å². The third-order valence-electron chi connectivity index (χ3n) is 2.21. The second-order valence-corrected chi connectivity index (χ2v) is 6.61. The van der Waals surface area contributed by atoms with Gasteiger partial charge in [-0.15, -0.1) is 11.3 Å². The van der Waals surface area contributed by atoms with Gasteiger partial charge in [0.2, 0.25) is 5.09 Å². The standard InChI is InChI=1S/C10H13N3O3S2/c1-7-12-5-9(17-7)6-13-18(14,15)10-3-2-8(4-11)16-10/h2-3,5,13H,4,6,11H2,1H3. The van der Waals surface area contributed by atoms with Crippen molar-refractivity contribution in [3.8, 4) is 0 Å². The van der Waals surface area contributed by atoms with E-state index in [1.165, 1.54) is 17.4 Å². The summed E-state index contributed by atoms with van der Waals surface area (Å²) in [7, 11) is -3.63. The highest BCUT2D eigenvalue weighted by molar-refractivity contribution is 7.89. The largest absolute Gasteiger partial charge is 0.447 e. The Kier molecular flexibility index (Phi) is 3.81. The van der Waals surface area contributed by atoms with E-state index in [0.29, 0.717) is 5.76 Å². The minimum atomic E-state index is -3.63. The fourth-order valence-electron chi connectivity index (χ4n) is 1.34. The predicted molar refractivity (Wildman–Crippen MR) is 67.5 cm³/mol. The van der Waals surface area contributed by atoms with Crippen molar-refractivity contribution < 1.29 is 12.8 Å². The first-order chi connectivity index (χ1) is 8.51. The number of sulfonamides is 1. The molecule has 0 atom stereocenters. The van der Waals surface area contributed by atoms with Crippen LogP contribution in [0.4, 0.5) is 0 Å². The maximum absolute atomic E-state index is 11.9. The summed E-state index contributed by atoms with van der Waals surface area (Å²) in [6.07, 6.45) is 1.65. The fraction of sp³-hybridized carbons (Fsp3) is 0.300. The minimum absolute atomic E-state index is 0.121. The Labute approximate surface area is 109 Å². The molecule has 8 heteroatoms. The van der Waals surface area contributed by atoms with Gasteiger partial charge in [-0.25, -0.2) is 18.1 Å². The van der Waals surface area contributed by atoms with Gasteiger partial charge in [0.1, 0.15) is 5.76 Å². The van der Waals surface area contributed by atoms with E-state index in [4.69, 9.17) is 10.2 Å². The maximum Gasteiger partial charge on any atom is 0.274 e. The molecule has 2 heterocycles. The number of furan rings is 1. The molecule has 0 aromatic carbocycles. The van der Waals surface area contributed by atoms with Crippen LogP contribution in [0.5, 0.6) is 0 Å². The molecule has 3 N–H and O–H groups in total. The summed E-state index contributed by atoms with van der Waals surface area (Å²) < 4.78 is 31.3. The average Bonchev–Trinajstić information content (AvgIpc) is 2.95. The zero-order valence-electron chi connectivity index (χ0n) is 9.71.